The largest absolute Gasteiger partial charge is 0.496 e. The van der Waals surface area contributed by atoms with Crippen LogP contribution in [-0.2, 0) is 9.53 Å². The number of ketones is 1. The summed E-state index contributed by atoms with van der Waals surface area (Å²) in [5.74, 6) is -1.97. The number of benzene rings is 2. The number of halogens is 1. The van der Waals surface area contributed by atoms with Crippen molar-refractivity contribution >= 4 is 35.0 Å². The molecule has 0 amide bonds. The smallest absolute Gasteiger partial charge is 0.345 e. The number of ether oxygens (including phenoxy) is 4. The third-order valence-electron chi connectivity index (χ3n) is 6.28. The van der Waals surface area contributed by atoms with Crippen LogP contribution in [-0.4, -0.2) is 68.0 Å². The Balaban J connectivity index is 2.22. The minimum Gasteiger partial charge on any atom is -0.496 e. The molecule has 0 aromatic heterocycles. The van der Waals surface area contributed by atoms with Gasteiger partial charge < -0.3 is 18.9 Å². The fraction of sp³-hybridized carbons (Fsp3) is 0.400. The summed E-state index contributed by atoms with van der Waals surface area (Å²) >= 11 is 6.15. The first-order valence-electron chi connectivity index (χ1n) is 11.3. The lowest BCUT2D eigenvalue weighted by Crippen LogP contribution is -2.34. The van der Waals surface area contributed by atoms with Gasteiger partial charge in [-0.05, 0) is 33.0 Å². The molecule has 0 saturated carbocycles. The number of carbonyl (C=O) groups is 3. The summed E-state index contributed by atoms with van der Waals surface area (Å²) in [7, 11) is 4.65. The van der Waals surface area contributed by atoms with Gasteiger partial charge in [0.2, 0.25) is 0 Å². The zero-order valence-electron chi connectivity index (χ0n) is 21.0. The first kappa shape index (κ1) is 27.9. The van der Waals surface area contributed by atoms with E-state index in [4.69, 9.17) is 30.5 Å². The number of carbonyl (C=O) groups excluding carboxylic acids is 3. The lowest BCUT2D eigenvalue weighted by Gasteiger charge is -2.28. The van der Waals surface area contributed by atoms with Crippen molar-refractivity contribution in [3.05, 3.63) is 56.1 Å². The molecule has 1 aliphatic rings. The van der Waals surface area contributed by atoms with Gasteiger partial charge in [0.25, 0.3) is 5.69 Å². The van der Waals surface area contributed by atoms with E-state index < -0.39 is 33.4 Å². The number of nitro benzene ring substituents is 1. The number of likely N-dealkylation sites (N-methyl/N-ethyl adjacent to an activating group) is 1. The Bertz CT molecular complexity index is 1250. The van der Waals surface area contributed by atoms with Gasteiger partial charge in [0.1, 0.15) is 28.7 Å². The maximum absolute atomic E-state index is 13.3. The van der Waals surface area contributed by atoms with Crippen LogP contribution in [0, 0.1) is 10.1 Å². The van der Waals surface area contributed by atoms with Crippen molar-refractivity contribution in [2.24, 2.45) is 0 Å². The zero-order valence-corrected chi connectivity index (χ0v) is 21.8. The van der Waals surface area contributed by atoms with E-state index in [0.29, 0.717) is 24.3 Å². The molecule has 2 aromatic rings. The molecular weight excluding hydrogens is 508 g/mol. The van der Waals surface area contributed by atoms with Crippen LogP contribution in [0.1, 0.15) is 52.5 Å². The second-order valence-corrected chi connectivity index (χ2v) is 8.86. The van der Waals surface area contributed by atoms with Crippen LogP contribution in [0.4, 0.5) is 5.69 Å². The van der Waals surface area contributed by atoms with Gasteiger partial charge in [-0.25, -0.2) is 4.79 Å². The first-order chi connectivity index (χ1) is 17.5. The summed E-state index contributed by atoms with van der Waals surface area (Å²) in [6.45, 7) is 3.29. The summed E-state index contributed by atoms with van der Waals surface area (Å²) in [5, 5.41) is 10.9. The van der Waals surface area contributed by atoms with Crippen molar-refractivity contribution < 1.29 is 38.3 Å². The fourth-order valence-electron chi connectivity index (χ4n) is 4.50. The number of methoxy groups -OCH3 is 2. The Morgan fingerprint density at radius 1 is 1.16 bits per heavy atom. The van der Waals surface area contributed by atoms with E-state index >= 15 is 0 Å². The second kappa shape index (κ2) is 11.6. The van der Waals surface area contributed by atoms with E-state index in [0.717, 1.165) is 6.07 Å². The normalized spacial score (nSPS) is 17.2. The molecule has 2 aromatic carbocycles. The fourth-order valence-corrected chi connectivity index (χ4v) is 4.78. The van der Waals surface area contributed by atoms with Gasteiger partial charge >= 0.3 is 11.9 Å². The second-order valence-electron chi connectivity index (χ2n) is 8.49. The van der Waals surface area contributed by atoms with Crippen molar-refractivity contribution in [2.75, 3.05) is 34.4 Å². The quantitative estimate of drug-likeness (QED) is 0.152. The summed E-state index contributed by atoms with van der Waals surface area (Å²) in [6, 6.07) is 4.97. The van der Waals surface area contributed by atoms with Crippen LogP contribution >= 0.6 is 11.6 Å². The zero-order chi connectivity index (χ0) is 27.4. The molecule has 0 radical (unpaired) electrons. The monoisotopic (exact) mass is 534 g/mol. The molecule has 1 saturated heterocycles. The Hall–Kier alpha value is -3.70. The van der Waals surface area contributed by atoms with Gasteiger partial charge in [-0.15, -0.1) is 0 Å². The minimum absolute atomic E-state index is 0.00556. The van der Waals surface area contributed by atoms with Crippen LogP contribution in [0.3, 0.4) is 0 Å². The van der Waals surface area contributed by atoms with Gasteiger partial charge in [0, 0.05) is 30.5 Å². The Morgan fingerprint density at radius 2 is 1.84 bits per heavy atom. The van der Waals surface area contributed by atoms with Crippen LogP contribution in [0.5, 0.6) is 17.2 Å². The van der Waals surface area contributed by atoms with Crippen LogP contribution < -0.4 is 14.2 Å². The molecule has 0 unspecified atom stereocenters. The van der Waals surface area contributed by atoms with E-state index in [1.165, 1.54) is 46.3 Å². The highest BCUT2D eigenvalue weighted by Gasteiger charge is 2.40. The molecule has 0 aliphatic carbocycles. The summed E-state index contributed by atoms with van der Waals surface area (Å²) in [6.07, 6.45) is 0.574. The molecule has 12 heteroatoms. The highest BCUT2D eigenvalue weighted by Crippen LogP contribution is 2.48. The molecule has 11 nitrogen and oxygen atoms in total. The van der Waals surface area contributed by atoms with Crippen molar-refractivity contribution in [1.29, 1.82) is 0 Å². The minimum atomic E-state index is -1.00. The van der Waals surface area contributed by atoms with Gasteiger partial charge in [-0.1, -0.05) is 17.7 Å². The highest BCUT2D eigenvalue weighted by molar-refractivity contribution is 6.35. The van der Waals surface area contributed by atoms with Crippen LogP contribution in [0.2, 0.25) is 5.02 Å². The molecule has 0 bridgehead atoms. The predicted octanol–water partition coefficient (Wildman–Crippen LogP) is 4.04. The Kier molecular flexibility index (Phi) is 8.72. The van der Waals surface area contributed by atoms with Gasteiger partial charge in [0.05, 0.1) is 30.7 Å². The first-order valence-corrected chi connectivity index (χ1v) is 11.7. The topological polar surface area (TPSA) is 135 Å². The van der Waals surface area contributed by atoms with E-state index in [1.807, 2.05) is 11.9 Å². The van der Waals surface area contributed by atoms with Gasteiger partial charge in [0.15, 0.2) is 11.5 Å². The Morgan fingerprint density at radius 3 is 2.41 bits per heavy atom. The number of nitrogens with zero attached hydrogens (tertiary/aromatic N) is 2. The number of rotatable bonds is 9. The van der Waals surface area contributed by atoms with Crippen LogP contribution in [0.25, 0.3) is 0 Å². The molecule has 0 spiro atoms. The number of nitro groups is 1. The molecule has 37 heavy (non-hydrogen) atoms. The highest BCUT2D eigenvalue weighted by atomic mass is 35.5. The molecule has 0 N–H and O–H groups in total. The molecule has 1 heterocycles. The van der Waals surface area contributed by atoms with E-state index in [1.54, 1.807) is 0 Å². The number of esters is 2. The van der Waals surface area contributed by atoms with Crippen molar-refractivity contribution in [2.45, 2.75) is 32.2 Å². The molecule has 2 atom stereocenters. The molecular formula is C25H27ClN2O9. The standard InChI is InChI=1S/C25H27ClN2O9/c1-13(29)21-19(34-4)11-20(35-5)22(15-9-10-27(3)18(15)12-36-14(2)30)24(21)37-25(31)16-7-6-8-17(23(16)26)28(32)33/h6-8,11,15,18H,9-10,12H2,1-5H3/t15-,18+/m0/s1. The van der Waals surface area contributed by atoms with Crippen molar-refractivity contribution in [3.63, 3.8) is 0 Å². The summed E-state index contributed by atoms with van der Waals surface area (Å²) < 4.78 is 22.1. The molecule has 3 rings (SSSR count). The maximum atomic E-state index is 13.3. The molecule has 198 valence electrons. The maximum Gasteiger partial charge on any atom is 0.345 e. The third kappa shape index (κ3) is 5.67. The van der Waals surface area contributed by atoms with E-state index in [9.17, 15) is 24.5 Å². The van der Waals surface area contributed by atoms with Crippen molar-refractivity contribution in [1.82, 2.24) is 4.90 Å². The third-order valence-corrected chi connectivity index (χ3v) is 6.68. The average Bonchev–Trinajstić information content (AvgIpc) is 3.20. The Labute approximate surface area is 218 Å². The lowest BCUT2D eigenvalue weighted by molar-refractivity contribution is -0.384. The number of Topliss-reactive ketones (excluding diaryl/α,β-unsaturated/α-hetero) is 1. The van der Waals surface area contributed by atoms with E-state index in [2.05, 4.69) is 0 Å². The molecule has 1 aliphatic heterocycles. The SMILES string of the molecule is COc1cc(OC)c([C@H]2CCN(C)[C@@H]2COC(C)=O)c(OC(=O)c2cccc([N+](=O)[O-])c2Cl)c1C(C)=O. The number of hydrogen-bond acceptors (Lipinski definition) is 10. The van der Waals surface area contributed by atoms with Gasteiger partial charge in [-0.3, -0.25) is 24.6 Å². The number of hydrogen-bond donors (Lipinski definition) is 0. The van der Waals surface area contributed by atoms with E-state index in [-0.39, 0.29) is 41.2 Å². The van der Waals surface area contributed by atoms with Crippen molar-refractivity contribution in [3.8, 4) is 17.2 Å². The van der Waals surface area contributed by atoms with Crippen LogP contribution in [0.15, 0.2) is 24.3 Å². The summed E-state index contributed by atoms with van der Waals surface area (Å²) in [4.78, 5) is 50.2. The summed E-state index contributed by atoms with van der Waals surface area (Å²) in [5.41, 5.74) is -0.317. The number of likely N-dealkylation sites (tertiary alicyclic amines) is 1. The lowest BCUT2D eigenvalue weighted by atomic mass is 9.87. The van der Waals surface area contributed by atoms with Gasteiger partial charge in [-0.2, -0.15) is 0 Å². The average molecular weight is 535 g/mol. The predicted molar refractivity (Wildman–Crippen MR) is 133 cm³/mol. The molecule has 1 fully saturated rings.